The molecule has 0 saturated carbocycles. The quantitative estimate of drug-likeness (QED) is 0.792. The molecule has 0 bridgehead atoms. The van der Waals surface area contributed by atoms with Crippen molar-refractivity contribution in [2.75, 3.05) is 26.3 Å². The molecule has 5 heteroatoms. The van der Waals surface area contributed by atoms with Gasteiger partial charge in [-0.3, -0.25) is 4.90 Å². The number of aliphatic hydroxyl groups is 2. The Labute approximate surface area is 118 Å². The largest absolute Gasteiger partial charge is 0.396 e. The molecule has 1 aromatic carbocycles. The molecule has 2 rings (SSSR count). The molecule has 0 amide bonds. The van der Waals surface area contributed by atoms with Gasteiger partial charge < -0.3 is 10.2 Å². The topological polar surface area (TPSA) is 69.5 Å². The highest BCUT2D eigenvalue weighted by molar-refractivity contribution is 5.80. The summed E-state index contributed by atoms with van der Waals surface area (Å²) in [5.41, 5.74) is 1.91. The van der Waals surface area contributed by atoms with Gasteiger partial charge in [-0.2, -0.15) is 0 Å². The molecule has 0 unspecified atom stereocenters. The number of rotatable bonds is 7. The van der Waals surface area contributed by atoms with Gasteiger partial charge in [-0.1, -0.05) is 18.2 Å². The number of aryl methyl sites for hydroxylation is 1. The number of benzene rings is 1. The summed E-state index contributed by atoms with van der Waals surface area (Å²) in [6, 6.07) is 7.96. The van der Waals surface area contributed by atoms with Crippen molar-refractivity contribution in [3.8, 4) is 0 Å². The number of para-hydroxylation sites is 1. The van der Waals surface area contributed by atoms with E-state index >= 15 is 0 Å². The van der Waals surface area contributed by atoms with Gasteiger partial charge in [-0.15, -0.1) is 0 Å². The fourth-order valence-electron chi connectivity index (χ4n) is 2.27. The second kappa shape index (κ2) is 7.28. The zero-order chi connectivity index (χ0) is 14.4. The molecule has 0 radical (unpaired) electrons. The van der Waals surface area contributed by atoms with Gasteiger partial charge in [-0.05, 0) is 19.4 Å². The number of nitrogens with zero attached hydrogens (tertiary/aromatic N) is 3. The third kappa shape index (κ3) is 3.72. The zero-order valence-electron chi connectivity index (χ0n) is 11.8. The van der Waals surface area contributed by atoms with Crippen LogP contribution in [0.1, 0.15) is 17.9 Å². The van der Waals surface area contributed by atoms with E-state index in [1.807, 2.05) is 31.2 Å². The van der Waals surface area contributed by atoms with Crippen molar-refractivity contribution in [2.24, 2.45) is 0 Å². The van der Waals surface area contributed by atoms with Crippen LogP contribution in [0, 0.1) is 6.92 Å². The molecule has 1 aromatic heterocycles. The van der Waals surface area contributed by atoms with Gasteiger partial charge in [0.2, 0.25) is 0 Å². The highest BCUT2D eigenvalue weighted by atomic mass is 16.3. The predicted molar refractivity (Wildman–Crippen MR) is 78.3 cm³/mol. The Kier molecular flexibility index (Phi) is 5.40. The molecule has 2 N–H and O–H groups in total. The van der Waals surface area contributed by atoms with Crippen molar-refractivity contribution >= 4 is 10.9 Å². The Morgan fingerprint density at radius 3 is 2.60 bits per heavy atom. The summed E-state index contributed by atoms with van der Waals surface area (Å²) in [5, 5.41) is 19.1. The molecular weight excluding hydrogens is 254 g/mol. The maximum atomic E-state index is 9.10. The number of hydrogen-bond acceptors (Lipinski definition) is 5. The predicted octanol–water partition coefficient (Wildman–Crippen LogP) is 1.11. The van der Waals surface area contributed by atoms with Crippen LogP contribution in [0.4, 0.5) is 0 Å². The van der Waals surface area contributed by atoms with E-state index < -0.39 is 0 Å². The average molecular weight is 275 g/mol. The lowest BCUT2D eigenvalue weighted by atomic mass is 10.2. The first-order valence-corrected chi connectivity index (χ1v) is 6.91. The minimum atomic E-state index is 0.0952. The molecule has 0 saturated heterocycles. The van der Waals surface area contributed by atoms with Crippen molar-refractivity contribution in [1.29, 1.82) is 0 Å². The normalized spacial score (nSPS) is 11.4. The third-order valence-corrected chi connectivity index (χ3v) is 3.25. The number of hydrogen-bond donors (Lipinski definition) is 2. The molecule has 0 aliphatic rings. The Bertz CT molecular complexity index is 560. The highest BCUT2D eigenvalue weighted by Gasteiger charge is 2.09. The molecule has 1 heterocycles. The second-order valence-electron chi connectivity index (χ2n) is 4.82. The Balaban J connectivity index is 2.18. The number of aliphatic hydroxyl groups excluding tert-OH is 2. The monoisotopic (exact) mass is 275 g/mol. The van der Waals surface area contributed by atoms with Crippen LogP contribution in [0.2, 0.25) is 0 Å². The minimum Gasteiger partial charge on any atom is -0.396 e. The van der Waals surface area contributed by atoms with Crippen LogP contribution in [0.3, 0.4) is 0 Å². The first-order valence-electron chi connectivity index (χ1n) is 6.91. The molecular formula is C15H21N3O2. The minimum absolute atomic E-state index is 0.0952. The molecule has 108 valence electrons. The van der Waals surface area contributed by atoms with Gasteiger partial charge in [0.05, 0.1) is 18.7 Å². The SMILES string of the molecule is Cc1nc(CN(CCO)CCCO)nc2ccccc12. The van der Waals surface area contributed by atoms with Crippen LogP contribution in [0.15, 0.2) is 24.3 Å². The summed E-state index contributed by atoms with van der Waals surface area (Å²) in [5.74, 6) is 0.757. The molecule has 0 spiro atoms. The highest BCUT2D eigenvalue weighted by Crippen LogP contribution is 2.15. The summed E-state index contributed by atoms with van der Waals surface area (Å²) >= 11 is 0. The van der Waals surface area contributed by atoms with Gasteiger partial charge in [-0.25, -0.2) is 9.97 Å². The lowest BCUT2D eigenvalue weighted by Crippen LogP contribution is -2.29. The molecule has 0 aliphatic carbocycles. The van der Waals surface area contributed by atoms with Crippen molar-refractivity contribution in [3.05, 3.63) is 35.8 Å². The molecule has 2 aromatic rings. The summed E-state index contributed by atoms with van der Waals surface area (Å²) in [6.07, 6.45) is 0.687. The van der Waals surface area contributed by atoms with Gasteiger partial charge in [0.25, 0.3) is 0 Å². The van der Waals surface area contributed by atoms with Gasteiger partial charge >= 0.3 is 0 Å². The maximum absolute atomic E-state index is 9.10. The first-order chi connectivity index (χ1) is 9.74. The first kappa shape index (κ1) is 14.8. The van der Waals surface area contributed by atoms with Gasteiger partial charge in [0.1, 0.15) is 5.82 Å². The smallest absolute Gasteiger partial charge is 0.143 e. The van der Waals surface area contributed by atoms with E-state index in [4.69, 9.17) is 10.2 Å². The summed E-state index contributed by atoms with van der Waals surface area (Å²) < 4.78 is 0. The fourth-order valence-corrected chi connectivity index (χ4v) is 2.27. The average Bonchev–Trinajstić information content (AvgIpc) is 2.45. The van der Waals surface area contributed by atoms with Crippen LogP contribution >= 0.6 is 0 Å². The fraction of sp³-hybridized carbons (Fsp3) is 0.467. The number of fused-ring (bicyclic) bond motifs is 1. The Morgan fingerprint density at radius 2 is 1.85 bits per heavy atom. The van der Waals surface area contributed by atoms with Gasteiger partial charge in [0.15, 0.2) is 0 Å². The van der Waals surface area contributed by atoms with E-state index in [1.165, 1.54) is 0 Å². The molecule has 0 atom stereocenters. The Morgan fingerprint density at radius 1 is 1.05 bits per heavy atom. The second-order valence-corrected chi connectivity index (χ2v) is 4.82. The van der Waals surface area contributed by atoms with Crippen LogP contribution in [-0.2, 0) is 6.54 Å². The van der Waals surface area contributed by atoms with Crippen molar-refractivity contribution in [3.63, 3.8) is 0 Å². The van der Waals surface area contributed by atoms with E-state index in [0.29, 0.717) is 19.5 Å². The van der Waals surface area contributed by atoms with Crippen molar-refractivity contribution in [1.82, 2.24) is 14.9 Å². The lowest BCUT2D eigenvalue weighted by Gasteiger charge is -2.20. The van der Waals surface area contributed by atoms with Crippen LogP contribution in [0.5, 0.6) is 0 Å². The maximum Gasteiger partial charge on any atom is 0.143 e. The van der Waals surface area contributed by atoms with E-state index in [0.717, 1.165) is 29.0 Å². The number of aromatic nitrogens is 2. The van der Waals surface area contributed by atoms with E-state index in [-0.39, 0.29) is 13.2 Å². The molecule has 0 fully saturated rings. The summed E-state index contributed by atoms with van der Waals surface area (Å²) in [7, 11) is 0. The van der Waals surface area contributed by atoms with Crippen LogP contribution < -0.4 is 0 Å². The standard InChI is InChI=1S/C15H21N3O2/c1-12-13-5-2-3-6-14(13)17-15(16-12)11-18(8-10-20)7-4-9-19/h2-3,5-6,19-20H,4,7-11H2,1H3. The van der Waals surface area contributed by atoms with E-state index in [2.05, 4.69) is 14.9 Å². The third-order valence-electron chi connectivity index (χ3n) is 3.25. The zero-order valence-corrected chi connectivity index (χ0v) is 11.8. The van der Waals surface area contributed by atoms with Crippen molar-refractivity contribution in [2.45, 2.75) is 19.9 Å². The lowest BCUT2D eigenvalue weighted by molar-refractivity contribution is 0.171. The molecule has 0 aliphatic heterocycles. The summed E-state index contributed by atoms with van der Waals surface area (Å²) in [6.45, 7) is 4.11. The van der Waals surface area contributed by atoms with Crippen molar-refractivity contribution < 1.29 is 10.2 Å². The van der Waals surface area contributed by atoms with E-state index in [1.54, 1.807) is 0 Å². The molecule has 20 heavy (non-hydrogen) atoms. The van der Waals surface area contributed by atoms with Crippen LogP contribution in [0.25, 0.3) is 10.9 Å². The van der Waals surface area contributed by atoms with E-state index in [9.17, 15) is 0 Å². The van der Waals surface area contributed by atoms with Gasteiger partial charge in [0, 0.05) is 30.8 Å². The molecule has 5 nitrogen and oxygen atoms in total. The Hall–Kier alpha value is -1.56. The van der Waals surface area contributed by atoms with Crippen LogP contribution in [-0.4, -0.2) is 51.4 Å². The summed E-state index contributed by atoms with van der Waals surface area (Å²) in [4.78, 5) is 11.2.